The fourth-order valence-corrected chi connectivity index (χ4v) is 3.74. The fraction of sp³-hybridized carbons (Fsp3) is 1.00. The van der Waals surface area contributed by atoms with Gasteiger partial charge >= 0.3 is 58.3 Å². The first kappa shape index (κ1) is 8.59. The molecule has 0 atom stereocenters. The third-order valence-corrected chi connectivity index (χ3v) is 5.79. The molecular weight excluding hydrogens is 216 g/mol. The van der Waals surface area contributed by atoms with Gasteiger partial charge in [-0.25, -0.2) is 0 Å². The summed E-state index contributed by atoms with van der Waals surface area (Å²) in [6.45, 7) is 4.20. The fourth-order valence-electron chi connectivity index (χ4n) is 0.557. The van der Waals surface area contributed by atoms with Crippen LogP contribution >= 0.6 is 0 Å². The molecule has 0 rings (SSSR count). The molecule has 0 aliphatic rings. The normalized spacial score (nSPS) is 10.4. The van der Waals surface area contributed by atoms with E-state index in [4.69, 9.17) is 0 Å². The van der Waals surface area contributed by atoms with E-state index in [2.05, 4.69) is 13.8 Å². The summed E-state index contributed by atoms with van der Waals surface area (Å²) < 4.78 is 12.9. The van der Waals surface area contributed by atoms with E-state index >= 15 is 0 Å². The van der Waals surface area contributed by atoms with Crippen molar-refractivity contribution in [2.45, 2.75) is 35.6 Å². The predicted octanol–water partition coefficient (Wildman–Crippen LogP) is 2.23. The predicted molar refractivity (Wildman–Crippen MR) is 36.6 cm³/mol. The van der Waals surface area contributed by atoms with Crippen LogP contribution in [0.5, 0.6) is 0 Å². The van der Waals surface area contributed by atoms with Gasteiger partial charge in [-0.05, 0) is 0 Å². The zero-order chi connectivity index (χ0) is 6.41. The second-order valence-electron chi connectivity index (χ2n) is 1.85. The summed E-state index contributed by atoms with van der Waals surface area (Å²) in [7, 11) is 0. The summed E-state index contributed by atoms with van der Waals surface area (Å²) in [5, 5.41) is 0. The Kier molecular flexibility index (Phi) is 6.14. The van der Waals surface area contributed by atoms with E-state index < -0.39 is 19.5 Å². The van der Waals surface area contributed by atoms with Crippen LogP contribution in [0.25, 0.3) is 0 Å². The Morgan fingerprint density at radius 1 is 1.12 bits per heavy atom. The molecule has 0 aliphatic heterocycles. The first-order chi connectivity index (χ1) is 3.81. The Morgan fingerprint density at radius 2 is 1.50 bits per heavy atom. The molecule has 0 unspecified atom stereocenters. The molecule has 0 aromatic rings. The van der Waals surface area contributed by atoms with E-state index in [1.54, 1.807) is 0 Å². The molecule has 0 saturated carbocycles. The zero-order valence-electron chi connectivity index (χ0n) is 5.64. The Labute approximate surface area is 58.5 Å². The SMILES string of the molecule is CCC[Te](=O)CCC. The van der Waals surface area contributed by atoms with E-state index in [0.717, 1.165) is 21.8 Å². The van der Waals surface area contributed by atoms with Crippen LogP contribution in [-0.4, -0.2) is 19.5 Å². The number of hydrogen-bond acceptors (Lipinski definition) is 1. The van der Waals surface area contributed by atoms with Crippen LogP contribution in [0.15, 0.2) is 0 Å². The van der Waals surface area contributed by atoms with Crippen molar-refractivity contribution in [1.29, 1.82) is 0 Å². The average Bonchev–Trinajstić information content (AvgIpc) is 1.68. The Bertz CT molecular complexity index is 62.9. The van der Waals surface area contributed by atoms with E-state index in [1.807, 2.05) is 0 Å². The number of hydrogen-bond donors (Lipinski definition) is 0. The van der Waals surface area contributed by atoms with Gasteiger partial charge in [-0.2, -0.15) is 0 Å². The molecule has 8 heavy (non-hydrogen) atoms. The minimum absolute atomic E-state index is 1.02. The van der Waals surface area contributed by atoms with Crippen molar-refractivity contribution in [3.8, 4) is 0 Å². The molecule has 0 aliphatic carbocycles. The van der Waals surface area contributed by atoms with Crippen molar-refractivity contribution in [3.05, 3.63) is 0 Å². The molecule has 2 heteroatoms. The van der Waals surface area contributed by atoms with Gasteiger partial charge in [0.2, 0.25) is 0 Å². The van der Waals surface area contributed by atoms with Crippen LogP contribution in [0, 0.1) is 0 Å². The van der Waals surface area contributed by atoms with E-state index in [-0.39, 0.29) is 0 Å². The second kappa shape index (κ2) is 5.72. The van der Waals surface area contributed by atoms with Gasteiger partial charge in [0.15, 0.2) is 0 Å². The zero-order valence-corrected chi connectivity index (χ0v) is 7.98. The van der Waals surface area contributed by atoms with Gasteiger partial charge in [-0.1, -0.05) is 0 Å². The van der Waals surface area contributed by atoms with E-state index in [0.29, 0.717) is 0 Å². The van der Waals surface area contributed by atoms with Gasteiger partial charge in [-0.15, -0.1) is 0 Å². The molecule has 0 aromatic carbocycles. The molecule has 0 radical (unpaired) electrons. The van der Waals surface area contributed by atoms with Crippen molar-refractivity contribution >= 4 is 19.5 Å². The third kappa shape index (κ3) is 4.74. The maximum atomic E-state index is 10.9. The monoisotopic (exact) mass is 232 g/mol. The van der Waals surface area contributed by atoms with Crippen molar-refractivity contribution in [1.82, 2.24) is 0 Å². The van der Waals surface area contributed by atoms with Crippen LogP contribution in [0.1, 0.15) is 26.7 Å². The van der Waals surface area contributed by atoms with Crippen molar-refractivity contribution in [2.24, 2.45) is 0 Å². The maximum absolute atomic E-state index is 10.9. The summed E-state index contributed by atoms with van der Waals surface area (Å²) >= 11 is -1.71. The quantitative estimate of drug-likeness (QED) is 0.676. The average molecular weight is 230 g/mol. The minimum atomic E-state index is -1.71. The van der Waals surface area contributed by atoms with Crippen molar-refractivity contribution < 1.29 is 3.10 Å². The Morgan fingerprint density at radius 3 is 1.75 bits per heavy atom. The first-order valence-corrected chi connectivity index (χ1v) is 7.41. The van der Waals surface area contributed by atoms with Gasteiger partial charge in [0.1, 0.15) is 0 Å². The second-order valence-corrected chi connectivity index (χ2v) is 6.69. The van der Waals surface area contributed by atoms with Gasteiger partial charge in [0, 0.05) is 0 Å². The summed E-state index contributed by atoms with van der Waals surface area (Å²) in [5.41, 5.74) is 0. The van der Waals surface area contributed by atoms with E-state index in [9.17, 15) is 3.10 Å². The van der Waals surface area contributed by atoms with Crippen LogP contribution in [-0.2, 0) is 3.10 Å². The molecule has 0 spiro atoms. The van der Waals surface area contributed by atoms with E-state index in [1.165, 1.54) is 0 Å². The van der Waals surface area contributed by atoms with Crippen LogP contribution in [0.3, 0.4) is 0 Å². The molecule has 0 aromatic heterocycles. The van der Waals surface area contributed by atoms with Crippen molar-refractivity contribution in [2.75, 3.05) is 0 Å². The summed E-state index contributed by atoms with van der Waals surface area (Å²) in [5.74, 6) is 0. The van der Waals surface area contributed by atoms with Gasteiger partial charge < -0.3 is 0 Å². The Balaban J connectivity index is 3.06. The van der Waals surface area contributed by atoms with Crippen molar-refractivity contribution in [3.63, 3.8) is 0 Å². The molecule has 0 bridgehead atoms. The van der Waals surface area contributed by atoms with Gasteiger partial charge in [0.05, 0.1) is 0 Å². The molecule has 1 nitrogen and oxygen atoms in total. The van der Waals surface area contributed by atoms with Gasteiger partial charge in [-0.3, -0.25) is 0 Å². The Hall–Kier alpha value is 0.590. The third-order valence-electron chi connectivity index (χ3n) is 0.864. The molecule has 0 amide bonds. The molecule has 0 N–H and O–H groups in total. The number of rotatable bonds is 4. The molecule has 50 valence electrons. The van der Waals surface area contributed by atoms with Gasteiger partial charge in [0.25, 0.3) is 0 Å². The van der Waals surface area contributed by atoms with Crippen LogP contribution in [0.2, 0.25) is 8.94 Å². The molecular formula is C6H14OTe. The van der Waals surface area contributed by atoms with Crippen LogP contribution in [0.4, 0.5) is 0 Å². The molecule has 0 saturated heterocycles. The summed E-state index contributed by atoms with van der Waals surface area (Å²) in [4.78, 5) is 0. The molecule has 0 fully saturated rings. The standard InChI is InChI=1S/C6H14OTe/c1-3-5-8(7)6-4-2/h3-6H2,1-2H3. The summed E-state index contributed by atoms with van der Waals surface area (Å²) in [6, 6.07) is 0. The summed E-state index contributed by atoms with van der Waals surface area (Å²) in [6.07, 6.45) is 2.22. The molecule has 0 heterocycles. The first-order valence-electron chi connectivity index (χ1n) is 3.16. The van der Waals surface area contributed by atoms with Crippen LogP contribution < -0.4 is 0 Å². The topological polar surface area (TPSA) is 17.1 Å².